The molecule has 1 aliphatic heterocycles. The zero-order valence-corrected chi connectivity index (χ0v) is 11.1. The highest BCUT2D eigenvalue weighted by molar-refractivity contribution is 5.76. The molecule has 0 spiro atoms. The summed E-state index contributed by atoms with van der Waals surface area (Å²) in [7, 11) is 0. The monoisotopic (exact) mass is 257 g/mol. The van der Waals surface area contributed by atoms with E-state index in [1.54, 1.807) is 0 Å². The second-order valence-electron chi connectivity index (χ2n) is 5.09. The molecule has 0 aromatic heterocycles. The molecular weight excluding hydrogens is 242 g/mol. The van der Waals surface area contributed by atoms with Crippen molar-refractivity contribution in [2.75, 3.05) is 4.90 Å². The van der Waals surface area contributed by atoms with E-state index in [0.717, 1.165) is 0 Å². The minimum absolute atomic E-state index is 0.371. The zero-order valence-electron chi connectivity index (χ0n) is 11.1. The summed E-state index contributed by atoms with van der Waals surface area (Å²) in [5.74, 6) is 0.371. The number of nitrogens with zero attached hydrogens (tertiary/aromatic N) is 1. The lowest BCUT2D eigenvalue weighted by Gasteiger charge is -2.33. The van der Waals surface area contributed by atoms with Crippen molar-refractivity contribution in [1.29, 1.82) is 0 Å². The number of para-hydroxylation sites is 2. The molecule has 0 fully saturated rings. The summed E-state index contributed by atoms with van der Waals surface area (Å²) in [5.41, 5.74) is 5.08. The van der Waals surface area contributed by atoms with Crippen molar-refractivity contribution < 1.29 is 0 Å². The molecule has 1 atom stereocenters. The maximum atomic E-state index is 2.33. The number of hydrogen-bond acceptors (Lipinski definition) is 1. The van der Waals surface area contributed by atoms with Crippen molar-refractivity contribution in [3.8, 4) is 0 Å². The molecule has 96 valence electrons. The van der Waals surface area contributed by atoms with Gasteiger partial charge in [0.1, 0.15) is 0 Å². The summed E-state index contributed by atoms with van der Waals surface area (Å²) in [6, 6.07) is 19.2. The molecule has 0 N–H and O–H groups in total. The first-order valence-corrected chi connectivity index (χ1v) is 6.94. The average molecular weight is 257 g/mol. The van der Waals surface area contributed by atoms with Gasteiger partial charge in [-0.25, -0.2) is 0 Å². The Morgan fingerprint density at radius 2 is 1.60 bits per heavy atom. The fourth-order valence-electron chi connectivity index (χ4n) is 2.95. The van der Waals surface area contributed by atoms with Gasteiger partial charge in [0.25, 0.3) is 0 Å². The van der Waals surface area contributed by atoms with E-state index < -0.39 is 0 Å². The van der Waals surface area contributed by atoms with Gasteiger partial charge in [-0.2, -0.15) is 0 Å². The third-order valence-corrected chi connectivity index (χ3v) is 3.86. The Morgan fingerprint density at radius 3 is 2.50 bits per heavy atom. The molecule has 4 rings (SSSR count). The quantitative estimate of drug-likeness (QED) is 0.700. The summed E-state index contributed by atoms with van der Waals surface area (Å²) in [4.78, 5) is 2.33. The van der Waals surface area contributed by atoms with Gasteiger partial charge < -0.3 is 4.90 Å². The molecule has 0 radical (unpaired) electrons. The highest BCUT2D eigenvalue weighted by Gasteiger charge is 2.25. The van der Waals surface area contributed by atoms with Gasteiger partial charge in [0.2, 0.25) is 0 Å². The number of fused-ring (bicyclic) bond motifs is 3. The van der Waals surface area contributed by atoms with E-state index in [4.69, 9.17) is 0 Å². The van der Waals surface area contributed by atoms with Crippen molar-refractivity contribution in [2.45, 2.75) is 5.92 Å². The van der Waals surface area contributed by atoms with Gasteiger partial charge in [-0.3, -0.25) is 0 Å². The van der Waals surface area contributed by atoms with Gasteiger partial charge >= 0.3 is 0 Å². The summed E-state index contributed by atoms with van der Waals surface area (Å²) in [5, 5.41) is 0. The Morgan fingerprint density at radius 1 is 0.800 bits per heavy atom. The summed E-state index contributed by atoms with van der Waals surface area (Å²) in [6.45, 7) is 0. The smallest absolute Gasteiger partial charge is 0.0502 e. The Hall–Kier alpha value is -2.54. The van der Waals surface area contributed by atoms with Crippen molar-refractivity contribution in [1.82, 2.24) is 0 Å². The Kier molecular flexibility index (Phi) is 2.56. The predicted octanol–water partition coefficient (Wildman–Crippen LogP) is 4.93. The second kappa shape index (κ2) is 4.53. The van der Waals surface area contributed by atoms with Crippen molar-refractivity contribution in [2.24, 2.45) is 0 Å². The number of anilines is 2. The van der Waals surface area contributed by atoms with Crippen LogP contribution in [0.4, 0.5) is 11.4 Å². The first-order valence-electron chi connectivity index (χ1n) is 6.94. The van der Waals surface area contributed by atoms with Gasteiger partial charge in [0, 0.05) is 17.3 Å². The molecular formula is C19H15N. The first-order chi connectivity index (χ1) is 9.93. The second-order valence-corrected chi connectivity index (χ2v) is 5.09. The van der Waals surface area contributed by atoms with Crippen LogP contribution in [-0.4, -0.2) is 0 Å². The SMILES string of the molecule is C1=CC2=CC(C=C1)c1ccccc1N2c1ccccc1. The maximum Gasteiger partial charge on any atom is 0.0502 e. The predicted molar refractivity (Wildman–Crippen MR) is 84.1 cm³/mol. The molecule has 2 aromatic rings. The van der Waals surface area contributed by atoms with Crippen LogP contribution in [-0.2, 0) is 0 Å². The molecule has 1 aliphatic carbocycles. The van der Waals surface area contributed by atoms with Crippen molar-refractivity contribution in [3.63, 3.8) is 0 Å². The van der Waals surface area contributed by atoms with Crippen LogP contribution < -0.4 is 4.90 Å². The average Bonchev–Trinajstić information content (AvgIpc) is 2.72. The molecule has 0 saturated carbocycles. The summed E-state index contributed by atoms with van der Waals surface area (Å²) in [6.07, 6.45) is 11.0. The lowest BCUT2D eigenvalue weighted by Crippen LogP contribution is -2.21. The molecule has 2 bridgehead atoms. The van der Waals surface area contributed by atoms with E-state index >= 15 is 0 Å². The molecule has 1 heterocycles. The largest absolute Gasteiger partial charge is 0.310 e. The van der Waals surface area contributed by atoms with Crippen LogP contribution in [0.1, 0.15) is 11.5 Å². The lowest BCUT2D eigenvalue weighted by atomic mass is 9.92. The van der Waals surface area contributed by atoms with E-state index in [9.17, 15) is 0 Å². The van der Waals surface area contributed by atoms with E-state index in [1.165, 1.54) is 22.6 Å². The van der Waals surface area contributed by atoms with Crippen LogP contribution in [0, 0.1) is 0 Å². The van der Waals surface area contributed by atoms with E-state index in [0.29, 0.717) is 5.92 Å². The molecule has 0 saturated heterocycles. The molecule has 1 nitrogen and oxygen atoms in total. The minimum Gasteiger partial charge on any atom is -0.310 e. The normalized spacial score (nSPS) is 19.3. The minimum atomic E-state index is 0.371. The van der Waals surface area contributed by atoms with Gasteiger partial charge in [0.05, 0.1) is 5.69 Å². The number of benzene rings is 2. The highest BCUT2D eigenvalue weighted by atomic mass is 15.2. The van der Waals surface area contributed by atoms with Crippen molar-refractivity contribution in [3.05, 3.63) is 96.2 Å². The summed E-state index contributed by atoms with van der Waals surface area (Å²) >= 11 is 0. The van der Waals surface area contributed by atoms with E-state index in [2.05, 4.69) is 89.9 Å². The number of rotatable bonds is 1. The number of allylic oxidation sites excluding steroid dienone is 5. The standard InChI is InChI=1S/C19H15N/c1-2-9-16(10-3-1)20-17-11-5-4-8-15(14-17)18-12-6-7-13-19(18)20/h1-15H. The van der Waals surface area contributed by atoms with Crippen molar-refractivity contribution >= 4 is 11.4 Å². The summed E-state index contributed by atoms with van der Waals surface area (Å²) < 4.78 is 0. The van der Waals surface area contributed by atoms with E-state index in [-0.39, 0.29) is 0 Å². The van der Waals surface area contributed by atoms with E-state index in [1.807, 2.05) is 0 Å². The molecule has 2 aliphatic rings. The Balaban J connectivity index is 1.95. The topological polar surface area (TPSA) is 3.24 Å². The molecule has 0 amide bonds. The maximum absolute atomic E-state index is 2.33. The van der Waals surface area contributed by atoms with Crippen LogP contribution in [0.15, 0.2) is 90.7 Å². The van der Waals surface area contributed by atoms with Crippen LogP contribution in [0.5, 0.6) is 0 Å². The van der Waals surface area contributed by atoms with Crippen LogP contribution in [0.3, 0.4) is 0 Å². The Bertz CT molecular complexity index is 722. The third-order valence-electron chi connectivity index (χ3n) is 3.86. The van der Waals surface area contributed by atoms with Gasteiger partial charge in [0.15, 0.2) is 0 Å². The molecule has 1 unspecified atom stereocenters. The highest BCUT2D eigenvalue weighted by Crippen LogP contribution is 2.42. The van der Waals surface area contributed by atoms with Gasteiger partial charge in [-0.15, -0.1) is 0 Å². The fourth-order valence-corrected chi connectivity index (χ4v) is 2.95. The molecule has 2 aromatic carbocycles. The lowest BCUT2D eigenvalue weighted by molar-refractivity contribution is 0.998. The van der Waals surface area contributed by atoms with Crippen LogP contribution in [0.25, 0.3) is 0 Å². The molecule has 20 heavy (non-hydrogen) atoms. The van der Waals surface area contributed by atoms with Crippen LogP contribution >= 0.6 is 0 Å². The third kappa shape index (κ3) is 1.71. The zero-order chi connectivity index (χ0) is 13.4. The first kappa shape index (κ1) is 11.3. The van der Waals surface area contributed by atoms with Gasteiger partial charge in [-0.05, 0) is 35.9 Å². The number of hydrogen-bond donors (Lipinski definition) is 0. The fraction of sp³-hybridized carbons (Fsp3) is 0.0526. The van der Waals surface area contributed by atoms with Gasteiger partial charge in [-0.1, -0.05) is 54.6 Å². The Labute approximate surface area is 119 Å². The van der Waals surface area contributed by atoms with Crippen LogP contribution in [0.2, 0.25) is 0 Å². The molecule has 1 heteroatoms.